The summed E-state index contributed by atoms with van der Waals surface area (Å²) in [5, 5.41) is 6.91. The van der Waals surface area contributed by atoms with Crippen molar-refractivity contribution in [1.82, 2.24) is 20.1 Å². The number of benzene rings is 2. The molecule has 2 amide bonds. The van der Waals surface area contributed by atoms with Crippen LogP contribution in [0.5, 0.6) is 0 Å². The van der Waals surface area contributed by atoms with Gasteiger partial charge in [0.1, 0.15) is 0 Å². The average molecular weight is 444 g/mol. The molecular formula is C19H17N5O4S2. The van der Waals surface area contributed by atoms with Gasteiger partial charge in [-0.05, 0) is 35.6 Å². The van der Waals surface area contributed by atoms with E-state index in [1.807, 2.05) is 6.92 Å². The van der Waals surface area contributed by atoms with Crippen molar-refractivity contribution in [2.45, 2.75) is 23.5 Å². The first-order valence-electron chi connectivity index (χ1n) is 9.01. The second-order valence-corrected chi connectivity index (χ2v) is 9.30. The van der Waals surface area contributed by atoms with Gasteiger partial charge in [-0.2, -0.15) is 4.98 Å². The van der Waals surface area contributed by atoms with E-state index in [4.69, 9.17) is 0 Å². The summed E-state index contributed by atoms with van der Waals surface area (Å²) in [6.45, 7) is 1.99. The monoisotopic (exact) mass is 443 g/mol. The van der Waals surface area contributed by atoms with Crippen molar-refractivity contribution in [2.75, 3.05) is 10.5 Å². The second-order valence-electron chi connectivity index (χ2n) is 6.39. The number of fused-ring (bicyclic) bond motifs is 1. The highest BCUT2D eigenvalue weighted by molar-refractivity contribution is 7.99. The highest BCUT2D eigenvalue weighted by atomic mass is 32.2. The van der Waals surface area contributed by atoms with Crippen LogP contribution in [0.4, 0.5) is 5.95 Å². The van der Waals surface area contributed by atoms with Gasteiger partial charge in [0.2, 0.25) is 11.1 Å². The minimum Gasteiger partial charge on any atom is -0.270 e. The summed E-state index contributed by atoms with van der Waals surface area (Å²) in [4.78, 5) is 30.2. The van der Waals surface area contributed by atoms with Gasteiger partial charge >= 0.3 is 0 Å². The molecule has 2 aromatic carbocycles. The lowest BCUT2D eigenvalue weighted by atomic mass is 10.1. The van der Waals surface area contributed by atoms with Crippen molar-refractivity contribution >= 4 is 39.5 Å². The van der Waals surface area contributed by atoms with Crippen LogP contribution in [0.2, 0.25) is 0 Å². The highest BCUT2D eigenvalue weighted by Crippen LogP contribution is 2.25. The average Bonchev–Trinajstić information content (AvgIpc) is 3.26. The summed E-state index contributed by atoms with van der Waals surface area (Å²) in [6, 6.07) is 12.6. The zero-order chi connectivity index (χ0) is 21.3. The maximum absolute atomic E-state index is 12.6. The zero-order valence-electron chi connectivity index (χ0n) is 15.8. The van der Waals surface area contributed by atoms with Crippen LogP contribution < -0.4 is 4.72 Å². The van der Waals surface area contributed by atoms with Crippen LogP contribution >= 0.6 is 11.8 Å². The fourth-order valence-electron chi connectivity index (χ4n) is 3.01. The van der Waals surface area contributed by atoms with Crippen LogP contribution in [0.3, 0.4) is 0 Å². The molecule has 2 heterocycles. The van der Waals surface area contributed by atoms with Crippen molar-refractivity contribution in [2.24, 2.45) is 0 Å². The van der Waals surface area contributed by atoms with E-state index in [0.29, 0.717) is 21.8 Å². The molecule has 0 bridgehead atoms. The van der Waals surface area contributed by atoms with Gasteiger partial charge in [0.25, 0.3) is 21.8 Å². The first kappa shape index (κ1) is 20.1. The van der Waals surface area contributed by atoms with E-state index < -0.39 is 10.0 Å². The van der Waals surface area contributed by atoms with Crippen molar-refractivity contribution in [1.29, 1.82) is 0 Å². The number of hydrogen-bond donors (Lipinski definition) is 2. The largest absolute Gasteiger partial charge is 0.270 e. The minimum absolute atomic E-state index is 0.0229. The third-order valence-corrected chi connectivity index (χ3v) is 6.51. The highest BCUT2D eigenvalue weighted by Gasteiger charge is 2.34. The van der Waals surface area contributed by atoms with Crippen molar-refractivity contribution in [3.63, 3.8) is 0 Å². The van der Waals surface area contributed by atoms with E-state index in [9.17, 15) is 18.0 Å². The Hall–Kier alpha value is -3.18. The maximum atomic E-state index is 12.6. The smallest absolute Gasteiger partial charge is 0.264 e. The number of imide groups is 1. The number of carbonyl (C=O) groups is 2. The molecule has 9 nitrogen and oxygen atoms in total. The number of rotatable bonds is 7. The quantitative estimate of drug-likeness (QED) is 0.424. The normalized spacial score (nSPS) is 13.6. The molecule has 0 radical (unpaired) electrons. The van der Waals surface area contributed by atoms with Crippen molar-refractivity contribution < 1.29 is 18.0 Å². The number of amides is 2. The summed E-state index contributed by atoms with van der Waals surface area (Å²) in [7, 11) is -3.86. The topological polar surface area (TPSA) is 125 Å². The van der Waals surface area contributed by atoms with Gasteiger partial charge < -0.3 is 0 Å². The summed E-state index contributed by atoms with van der Waals surface area (Å²) < 4.78 is 27.4. The van der Waals surface area contributed by atoms with Gasteiger partial charge in [0.05, 0.1) is 22.6 Å². The Balaban J connectivity index is 1.47. The summed E-state index contributed by atoms with van der Waals surface area (Å²) >= 11 is 1.38. The maximum Gasteiger partial charge on any atom is 0.264 e. The fourth-order valence-corrected chi connectivity index (χ4v) is 4.49. The lowest BCUT2D eigenvalue weighted by molar-refractivity contribution is 0.0642. The third kappa shape index (κ3) is 3.81. The molecule has 0 atom stereocenters. The number of anilines is 1. The number of nitrogens with zero attached hydrogens (tertiary/aromatic N) is 3. The van der Waals surface area contributed by atoms with Crippen LogP contribution in [0.1, 0.15) is 33.2 Å². The summed E-state index contributed by atoms with van der Waals surface area (Å²) in [5.41, 5.74) is 1.38. The Morgan fingerprint density at radius 1 is 1.03 bits per heavy atom. The summed E-state index contributed by atoms with van der Waals surface area (Å²) in [6.07, 6.45) is 0. The molecule has 154 valence electrons. The standard InChI is InChI=1S/C19H17N5O4S2/c1-2-29-19-20-18(21-22-19)23-30(27,28)13-9-7-12(8-10-13)11-24-16(25)14-5-3-4-6-15(14)17(24)26/h3-10H,2,11H2,1H3,(H2,20,21,22,23). The van der Waals surface area contributed by atoms with Gasteiger partial charge in [-0.15, -0.1) is 5.10 Å². The molecule has 0 spiro atoms. The van der Waals surface area contributed by atoms with Crippen LogP contribution in [-0.4, -0.2) is 46.1 Å². The number of aromatic amines is 1. The molecule has 11 heteroatoms. The van der Waals surface area contributed by atoms with E-state index in [1.54, 1.807) is 36.4 Å². The molecule has 0 saturated carbocycles. The van der Waals surface area contributed by atoms with Crippen LogP contribution in [0, 0.1) is 0 Å². The molecule has 0 unspecified atom stereocenters. The molecule has 1 aliphatic rings. The lowest BCUT2D eigenvalue weighted by Crippen LogP contribution is -2.29. The predicted octanol–water partition coefficient (Wildman–Crippen LogP) is 2.51. The van der Waals surface area contributed by atoms with Gasteiger partial charge in [-0.1, -0.05) is 43.0 Å². The molecule has 3 aromatic rings. The number of thioether (sulfide) groups is 1. The van der Waals surface area contributed by atoms with Crippen LogP contribution in [-0.2, 0) is 16.6 Å². The van der Waals surface area contributed by atoms with Crippen molar-refractivity contribution in [3.05, 3.63) is 65.2 Å². The lowest BCUT2D eigenvalue weighted by Gasteiger charge is -2.14. The number of aromatic nitrogens is 3. The Morgan fingerprint density at radius 3 is 2.27 bits per heavy atom. The molecule has 0 aliphatic carbocycles. The third-order valence-electron chi connectivity index (χ3n) is 4.42. The Kier molecular flexibility index (Phi) is 5.31. The Bertz CT molecular complexity index is 1190. The van der Waals surface area contributed by atoms with Crippen LogP contribution in [0.15, 0.2) is 58.6 Å². The molecular weight excluding hydrogens is 426 g/mol. The van der Waals surface area contributed by atoms with Gasteiger partial charge in [-0.25, -0.2) is 18.2 Å². The molecule has 0 fully saturated rings. The Labute approximate surface area is 176 Å². The van der Waals surface area contributed by atoms with E-state index in [2.05, 4.69) is 19.9 Å². The predicted molar refractivity (Wildman–Crippen MR) is 111 cm³/mol. The molecule has 1 aromatic heterocycles. The van der Waals surface area contributed by atoms with Crippen LogP contribution in [0.25, 0.3) is 0 Å². The van der Waals surface area contributed by atoms with Gasteiger partial charge in [0, 0.05) is 0 Å². The number of sulfonamides is 1. The molecule has 4 rings (SSSR count). The van der Waals surface area contributed by atoms with Crippen molar-refractivity contribution in [3.8, 4) is 0 Å². The molecule has 2 N–H and O–H groups in total. The Morgan fingerprint density at radius 2 is 1.67 bits per heavy atom. The summed E-state index contributed by atoms with van der Waals surface area (Å²) in [5.74, 6) is 0.0691. The number of hydrogen-bond acceptors (Lipinski definition) is 7. The van der Waals surface area contributed by atoms with E-state index in [1.165, 1.54) is 23.9 Å². The number of carbonyl (C=O) groups excluding carboxylic acids is 2. The van der Waals surface area contributed by atoms with Gasteiger partial charge in [-0.3, -0.25) is 14.5 Å². The first-order chi connectivity index (χ1) is 14.4. The SMILES string of the molecule is CCSc1n[nH]c(NS(=O)(=O)c2ccc(CN3C(=O)c4ccccc4C3=O)cc2)n1. The zero-order valence-corrected chi connectivity index (χ0v) is 17.5. The fraction of sp³-hybridized carbons (Fsp3) is 0.158. The van der Waals surface area contributed by atoms with E-state index >= 15 is 0 Å². The minimum atomic E-state index is -3.86. The van der Waals surface area contributed by atoms with Gasteiger partial charge in [0.15, 0.2) is 0 Å². The number of nitrogens with one attached hydrogen (secondary N) is 2. The molecule has 1 aliphatic heterocycles. The molecule has 0 saturated heterocycles. The second kappa shape index (κ2) is 7.92. The first-order valence-corrected chi connectivity index (χ1v) is 11.5. The number of H-pyrrole nitrogens is 1. The van der Waals surface area contributed by atoms with E-state index in [-0.39, 0.29) is 29.2 Å². The van der Waals surface area contributed by atoms with E-state index in [0.717, 1.165) is 10.7 Å². The molecule has 30 heavy (non-hydrogen) atoms.